The number of anilines is 1. The van der Waals surface area contributed by atoms with Gasteiger partial charge in [0.1, 0.15) is 6.54 Å². The number of fused-ring (bicyclic) bond motifs is 1. The summed E-state index contributed by atoms with van der Waals surface area (Å²) >= 11 is 0. The smallest absolute Gasteiger partial charge is 0.264 e. The van der Waals surface area contributed by atoms with Crippen molar-refractivity contribution < 1.29 is 13.6 Å². The summed E-state index contributed by atoms with van der Waals surface area (Å²) in [5.41, 5.74) is 4.43. The van der Waals surface area contributed by atoms with E-state index in [4.69, 9.17) is 0 Å². The van der Waals surface area contributed by atoms with Gasteiger partial charge in [-0.3, -0.25) is 4.79 Å². The Kier molecular flexibility index (Phi) is 5.50. The van der Waals surface area contributed by atoms with Gasteiger partial charge in [0.15, 0.2) is 5.65 Å². The van der Waals surface area contributed by atoms with E-state index < -0.39 is 6.43 Å². The molecule has 0 unspecified atom stereocenters. The summed E-state index contributed by atoms with van der Waals surface area (Å²) in [7, 11) is 0. The van der Waals surface area contributed by atoms with Gasteiger partial charge in [0, 0.05) is 16.8 Å². The van der Waals surface area contributed by atoms with Crippen LogP contribution in [0.2, 0.25) is 0 Å². The van der Waals surface area contributed by atoms with Gasteiger partial charge < -0.3 is 5.32 Å². The SMILES string of the molecule is Cc1ccc(NC(=O)Cn2nc(C)c3c(C(F)F)cc(-c4ccccc4)nc32)c(C)c1. The molecular weight excluding hydrogens is 398 g/mol. The standard InChI is InChI=1S/C24H22F2N4O/c1-14-9-10-19(15(2)11-14)27-21(31)13-30-24-22(16(3)29-30)18(23(25)26)12-20(28-24)17-7-5-4-6-8-17/h4-12,23H,13H2,1-3H3,(H,27,31). The fourth-order valence-electron chi connectivity index (χ4n) is 3.71. The number of rotatable bonds is 5. The lowest BCUT2D eigenvalue weighted by atomic mass is 10.1. The van der Waals surface area contributed by atoms with Crippen LogP contribution in [-0.2, 0) is 11.3 Å². The molecular formula is C24H22F2N4O. The summed E-state index contributed by atoms with van der Waals surface area (Å²) in [6.07, 6.45) is -2.69. The molecule has 0 bridgehead atoms. The molecule has 0 saturated carbocycles. The molecule has 0 aliphatic carbocycles. The number of hydrogen-bond acceptors (Lipinski definition) is 3. The van der Waals surface area contributed by atoms with E-state index in [0.29, 0.717) is 17.1 Å². The maximum Gasteiger partial charge on any atom is 0.264 e. The van der Waals surface area contributed by atoms with Gasteiger partial charge in [0.05, 0.1) is 16.8 Å². The highest BCUT2D eigenvalue weighted by Gasteiger charge is 2.22. The van der Waals surface area contributed by atoms with Crippen molar-refractivity contribution in [3.63, 3.8) is 0 Å². The van der Waals surface area contributed by atoms with E-state index in [1.54, 1.807) is 6.92 Å². The zero-order valence-electron chi connectivity index (χ0n) is 17.5. The minimum absolute atomic E-state index is 0.133. The lowest BCUT2D eigenvalue weighted by Crippen LogP contribution is -2.20. The Morgan fingerprint density at radius 3 is 2.48 bits per heavy atom. The molecule has 4 rings (SSSR count). The number of nitrogens with one attached hydrogen (secondary N) is 1. The number of carbonyl (C=O) groups is 1. The monoisotopic (exact) mass is 420 g/mol. The maximum absolute atomic E-state index is 13.9. The van der Waals surface area contributed by atoms with Crippen LogP contribution in [0.1, 0.15) is 28.8 Å². The topological polar surface area (TPSA) is 59.8 Å². The van der Waals surface area contributed by atoms with Gasteiger partial charge in [0.25, 0.3) is 6.43 Å². The maximum atomic E-state index is 13.9. The van der Waals surface area contributed by atoms with Crippen LogP contribution in [-0.4, -0.2) is 20.7 Å². The molecule has 0 aliphatic heterocycles. The zero-order valence-corrected chi connectivity index (χ0v) is 17.5. The fourth-order valence-corrected chi connectivity index (χ4v) is 3.71. The molecule has 7 heteroatoms. The predicted molar refractivity (Wildman–Crippen MR) is 117 cm³/mol. The number of alkyl halides is 2. The number of halogens is 2. The third-order valence-electron chi connectivity index (χ3n) is 5.16. The van der Waals surface area contributed by atoms with Crippen molar-refractivity contribution >= 4 is 22.6 Å². The van der Waals surface area contributed by atoms with Gasteiger partial charge in [-0.25, -0.2) is 18.4 Å². The van der Waals surface area contributed by atoms with Crippen LogP contribution in [0.3, 0.4) is 0 Å². The highest BCUT2D eigenvalue weighted by atomic mass is 19.3. The highest BCUT2D eigenvalue weighted by Crippen LogP contribution is 2.33. The zero-order chi connectivity index (χ0) is 22.1. The summed E-state index contributed by atoms with van der Waals surface area (Å²) in [6, 6.07) is 16.2. The Morgan fingerprint density at radius 1 is 1.06 bits per heavy atom. The van der Waals surface area contributed by atoms with Crippen LogP contribution < -0.4 is 5.32 Å². The first-order valence-corrected chi connectivity index (χ1v) is 9.92. The van der Waals surface area contributed by atoms with Crippen molar-refractivity contribution in [3.05, 3.63) is 77.0 Å². The molecule has 1 N–H and O–H groups in total. The van der Waals surface area contributed by atoms with Crippen molar-refractivity contribution in [1.29, 1.82) is 0 Å². The van der Waals surface area contributed by atoms with E-state index in [-0.39, 0.29) is 29.0 Å². The van der Waals surface area contributed by atoms with Crippen LogP contribution in [0.5, 0.6) is 0 Å². The molecule has 0 spiro atoms. The van der Waals surface area contributed by atoms with Crippen LogP contribution in [0, 0.1) is 20.8 Å². The van der Waals surface area contributed by atoms with Gasteiger partial charge in [-0.2, -0.15) is 5.10 Å². The predicted octanol–water partition coefficient (Wildman–Crippen LogP) is 5.60. The number of pyridine rings is 1. The van der Waals surface area contributed by atoms with Crippen molar-refractivity contribution in [3.8, 4) is 11.3 Å². The van der Waals surface area contributed by atoms with E-state index in [2.05, 4.69) is 15.4 Å². The first-order chi connectivity index (χ1) is 14.8. The van der Waals surface area contributed by atoms with E-state index in [1.807, 2.05) is 62.4 Å². The first-order valence-electron chi connectivity index (χ1n) is 9.92. The number of amides is 1. The molecule has 31 heavy (non-hydrogen) atoms. The molecule has 158 valence electrons. The molecule has 2 heterocycles. The molecule has 0 aliphatic rings. The Hall–Kier alpha value is -3.61. The molecule has 2 aromatic heterocycles. The van der Waals surface area contributed by atoms with E-state index >= 15 is 0 Å². The van der Waals surface area contributed by atoms with E-state index in [9.17, 15) is 13.6 Å². The van der Waals surface area contributed by atoms with Crippen LogP contribution >= 0.6 is 0 Å². The van der Waals surface area contributed by atoms with Crippen molar-refractivity contribution in [2.45, 2.75) is 33.7 Å². The number of aryl methyl sites for hydroxylation is 3. The molecule has 0 fully saturated rings. The van der Waals surface area contributed by atoms with E-state index in [1.165, 1.54) is 10.7 Å². The van der Waals surface area contributed by atoms with E-state index in [0.717, 1.165) is 16.7 Å². The van der Waals surface area contributed by atoms with Gasteiger partial charge in [0.2, 0.25) is 5.91 Å². The quantitative estimate of drug-likeness (QED) is 0.457. The second-order valence-electron chi connectivity index (χ2n) is 7.57. The minimum Gasteiger partial charge on any atom is -0.324 e. The van der Waals surface area contributed by atoms with Gasteiger partial charge in [-0.1, -0.05) is 48.0 Å². The molecule has 0 radical (unpaired) electrons. The van der Waals surface area contributed by atoms with Crippen molar-refractivity contribution in [2.24, 2.45) is 0 Å². The third kappa shape index (κ3) is 4.17. The van der Waals surface area contributed by atoms with Gasteiger partial charge in [-0.15, -0.1) is 0 Å². The third-order valence-corrected chi connectivity index (χ3v) is 5.16. The van der Waals surface area contributed by atoms with Crippen molar-refractivity contribution in [2.75, 3.05) is 5.32 Å². The summed E-state index contributed by atoms with van der Waals surface area (Å²) in [5, 5.41) is 7.50. The molecule has 4 aromatic rings. The van der Waals surface area contributed by atoms with Crippen LogP contribution in [0.4, 0.5) is 14.5 Å². The van der Waals surface area contributed by atoms with Gasteiger partial charge in [-0.05, 0) is 38.5 Å². The number of carbonyl (C=O) groups excluding carboxylic acids is 1. The molecule has 1 amide bonds. The normalized spacial score (nSPS) is 11.3. The summed E-state index contributed by atoms with van der Waals surface area (Å²) < 4.78 is 29.1. The average Bonchev–Trinajstić information content (AvgIpc) is 3.05. The second-order valence-corrected chi connectivity index (χ2v) is 7.57. The molecule has 0 atom stereocenters. The molecule has 5 nitrogen and oxygen atoms in total. The Labute approximate surface area is 178 Å². The summed E-state index contributed by atoms with van der Waals surface area (Å²) in [5.74, 6) is -0.304. The average molecular weight is 420 g/mol. The lowest BCUT2D eigenvalue weighted by molar-refractivity contribution is -0.116. The van der Waals surface area contributed by atoms with Crippen molar-refractivity contribution in [1.82, 2.24) is 14.8 Å². The van der Waals surface area contributed by atoms with Crippen LogP contribution in [0.15, 0.2) is 54.6 Å². The summed E-state index contributed by atoms with van der Waals surface area (Å²) in [6.45, 7) is 5.41. The second kappa shape index (κ2) is 8.26. The molecule has 2 aromatic carbocycles. The number of nitrogens with zero attached hydrogens (tertiary/aromatic N) is 3. The Balaban J connectivity index is 1.74. The molecule has 0 saturated heterocycles. The Morgan fingerprint density at radius 2 is 1.81 bits per heavy atom. The number of hydrogen-bond donors (Lipinski definition) is 1. The lowest BCUT2D eigenvalue weighted by Gasteiger charge is -2.11. The van der Waals surface area contributed by atoms with Crippen LogP contribution in [0.25, 0.3) is 22.3 Å². The minimum atomic E-state index is -2.69. The number of benzene rings is 2. The first kappa shape index (κ1) is 20.7. The van der Waals surface area contributed by atoms with Gasteiger partial charge >= 0.3 is 0 Å². The largest absolute Gasteiger partial charge is 0.324 e. The fraction of sp³-hybridized carbons (Fsp3) is 0.208. The summed E-state index contributed by atoms with van der Waals surface area (Å²) in [4.78, 5) is 17.3. The highest BCUT2D eigenvalue weighted by molar-refractivity contribution is 5.93. The Bertz CT molecular complexity index is 1270. The number of aromatic nitrogens is 3.